The Bertz CT molecular complexity index is 268. The third-order valence-corrected chi connectivity index (χ3v) is 3.92. The number of nitrogens with one attached hydrogen (secondary N) is 2. The van der Waals surface area contributed by atoms with Gasteiger partial charge in [-0.05, 0) is 45.7 Å². The Kier molecular flexibility index (Phi) is 8.82. The number of piperidine rings is 1. The van der Waals surface area contributed by atoms with Gasteiger partial charge in [-0.2, -0.15) is 0 Å². The molecule has 0 aromatic rings. The molecule has 1 aliphatic heterocycles. The zero-order chi connectivity index (χ0) is 14.8. The highest BCUT2D eigenvalue weighted by atomic mass is 16.5. The van der Waals surface area contributed by atoms with Crippen LogP contribution in [0.2, 0.25) is 0 Å². The summed E-state index contributed by atoms with van der Waals surface area (Å²) in [5.74, 6) is 0.139. The summed E-state index contributed by atoms with van der Waals surface area (Å²) in [4.78, 5) is 14.6. The molecule has 1 amide bonds. The van der Waals surface area contributed by atoms with E-state index >= 15 is 0 Å². The first-order valence-corrected chi connectivity index (χ1v) is 7.93. The van der Waals surface area contributed by atoms with Crippen LogP contribution in [0.5, 0.6) is 0 Å². The van der Waals surface area contributed by atoms with E-state index in [2.05, 4.69) is 22.5 Å². The fourth-order valence-corrected chi connectivity index (χ4v) is 2.79. The first-order valence-electron chi connectivity index (χ1n) is 7.93. The molecule has 2 atom stereocenters. The lowest BCUT2D eigenvalue weighted by Gasteiger charge is -2.38. The van der Waals surface area contributed by atoms with Crippen molar-refractivity contribution in [2.75, 3.05) is 39.9 Å². The van der Waals surface area contributed by atoms with Gasteiger partial charge in [0.2, 0.25) is 5.91 Å². The lowest BCUT2D eigenvalue weighted by atomic mass is 10.0. The quantitative estimate of drug-likeness (QED) is 0.620. The second kappa shape index (κ2) is 10.1. The summed E-state index contributed by atoms with van der Waals surface area (Å²) in [6.45, 7) is 8.68. The van der Waals surface area contributed by atoms with E-state index in [0.717, 1.165) is 32.5 Å². The van der Waals surface area contributed by atoms with Crippen molar-refractivity contribution < 1.29 is 9.53 Å². The topological polar surface area (TPSA) is 53.6 Å². The summed E-state index contributed by atoms with van der Waals surface area (Å²) in [6.07, 6.45) is 4.34. The standard InChI is InChI=1S/C15H31N3O2/c1-4-10-18(14-7-5-8-16-12-14)13(2)15(19)17-9-6-11-20-3/h13-14,16H,4-12H2,1-3H3,(H,17,19). The van der Waals surface area contributed by atoms with Crippen molar-refractivity contribution >= 4 is 5.91 Å². The largest absolute Gasteiger partial charge is 0.385 e. The Morgan fingerprint density at radius 2 is 2.35 bits per heavy atom. The number of carbonyl (C=O) groups is 1. The Hall–Kier alpha value is -0.650. The average Bonchev–Trinajstić information content (AvgIpc) is 2.49. The van der Waals surface area contributed by atoms with E-state index in [1.54, 1.807) is 7.11 Å². The number of methoxy groups -OCH3 is 1. The smallest absolute Gasteiger partial charge is 0.237 e. The van der Waals surface area contributed by atoms with Gasteiger partial charge in [0.05, 0.1) is 6.04 Å². The number of hydrogen-bond donors (Lipinski definition) is 2. The van der Waals surface area contributed by atoms with Crippen LogP contribution in [0.3, 0.4) is 0 Å². The summed E-state index contributed by atoms with van der Waals surface area (Å²) < 4.78 is 5.00. The van der Waals surface area contributed by atoms with E-state index in [9.17, 15) is 4.79 Å². The number of carbonyl (C=O) groups excluding carboxylic acids is 1. The van der Waals surface area contributed by atoms with Crippen molar-refractivity contribution in [1.82, 2.24) is 15.5 Å². The molecule has 20 heavy (non-hydrogen) atoms. The van der Waals surface area contributed by atoms with Crippen LogP contribution in [0, 0.1) is 0 Å². The van der Waals surface area contributed by atoms with E-state index in [0.29, 0.717) is 19.2 Å². The van der Waals surface area contributed by atoms with Gasteiger partial charge < -0.3 is 15.4 Å². The summed E-state index contributed by atoms with van der Waals surface area (Å²) in [7, 11) is 1.68. The summed E-state index contributed by atoms with van der Waals surface area (Å²) in [6, 6.07) is 0.436. The second-order valence-corrected chi connectivity index (χ2v) is 5.55. The molecule has 5 nitrogen and oxygen atoms in total. The van der Waals surface area contributed by atoms with Gasteiger partial charge in [-0.15, -0.1) is 0 Å². The summed E-state index contributed by atoms with van der Waals surface area (Å²) >= 11 is 0. The van der Waals surface area contributed by atoms with E-state index in [-0.39, 0.29) is 11.9 Å². The van der Waals surface area contributed by atoms with Crippen molar-refractivity contribution in [2.45, 2.75) is 51.6 Å². The van der Waals surface area contributed by atoms with Crippen molar-refractivity contribution in [3.63, 3.8) is 0 Å². The van der Waals surface area contributed by atoms with Crippen LogP contribution in [-0.4, -0.2) is 62.8 Å². The lowest BCUT2D eigenvalue weighted by molar-refractivity contribution is -0.127. The molecule has 0 bridgehead atoms. The van der Waals surface area contributed by atoms with Crippen LogP contribution in [0.4, 0.5) is 0 Å². The van der Waals surface area contributed by atoms with Gasteiger partial charge >= 0.3 is 0 Å². The SMILES string of the molecule is CCCN(C1CCCNC1)C(C)C(=O)NCCCOC. The molecular weight excluding hydrogens is 254 g/mol. The Morgan fingerprint density at radius 3 is 2.95 bits per heavy atom. The van der Waals surface area contributed by atoms with E-state index in [1.165, 1.54) is 12.8 Å². The molecule has 1 fully saturated rings. The Balaban J connectivity index is 2.44. The predicted octanol–water partition coefficient (Wildman–Crippen LogP) is 0.992. The van der Waals surface area contributed by atoms with Gasteiger partial charge in [0, 0.05) is 32.8 Å². The fraction of sp³-hybridized carbons (Fsp3) is 0.933. The maximum Gasteiger partial charge on any atom is 0.237 e. The third kappa shape index (κ3) is 5.77. The Morgan fingerprint density at radius 1 is 1.55 bits per heavy atom. The van der Waals surface area contributed by atoms with Gasteiger partial charge in [-0.1, -0.05) is 6.92 Å². The molecule has 0 saturated carbocycles. The van der Waals surface area contributed by atoms with Crippen LogP contribution in [0.1, 0.15) is 39.5 Å². The molecule has 1 aliphatic rings. The van der Waals surface area contributed by atoms with Gasteiger partial charge in [0.15, 0.2) is 0 Å². The van der Waals surface area contributed by atoms with Crippen LogP contribution in [0.15, 0.2) is 0 Å². The van der Waals surface area contributed by atoms with Crippen molar-refractivity contribution in [2.24, 2.45) is 0 Å². The summed E-state index contributed by atoms with van der Waals surface area (Å²) in [5, 5.41) is 6.45. The Labute approximate surface area is 123 Å². The molecule has 0 aliphatic carbocycles. The molecule has 0 aromatic heterocycles. The van der Waals surface area contributed by atoms with Gasteiger partial charge in [0.1, 0.15) is 0 Å². The molecular formula is C15H31N3O2. The first-order chi connectivity index (χ1) is 9.70. The fourth-order valence-electron chi connectivity index (χ4n) is 2.79. The highest BCUT2D eigenvalue weighted by Crippen LogP contribution is 2.14. The van der Waals surface area contributed by atoms with Crippen molar-refractivity contribution in [1.29, 1.82) is 0 Å². The highest BCUT2D eigenvalue weighted by molar-refractivity contribution is 5.81. The van der Waals surface area contributed by atoms with Crippen LogP contribution < -0.4 is 10.6 Å². The monoisotopic (exact) mass is 285 g/mol. The van der Waals surface area contributed by atoms with Gasteiger partial charge in [-0.3, -0.25) is 9.69 Å². The molecule has 0 aromatic carbocycles. The number of rotatable bonds is 9. The molecule has 2 N–H and O–H groups in total. The molecule has 0 spiro atoms. The minimum atomic E-state index is -0.0533. The molecule has 1 saturated heterocycles. The van der Waals surface area contributed by atoms with Crippen LogP contribution in [-0.2, 0) is 9.53 Å². The third-order valence-electron chi connectivity index (χ3n) is 3.92. The minimum Gasteiger partial charge on any atom is -0.385 e. The highest BCUT2D eigenvalue weighted by Gasteiger charge is 2.28. The molecule has 0 radical (unpaired) electrons. The first kappa shape index (κ1) is 17.4. The number of nitrogens with zero attached hydrogens (tertiary/aromatic N) is 1. The van der Waals surface area contributed by atoms with E-state index < -0.39 is 0 Å². The minimum absolute atomic E-state index is 0.0533. The average molecular weight is 285 g/mol. The van der Waals surface area contributed by atoms with E-state index in [1.807, 2.05) is 6.92 Å². The molecule has 5 heteroatoms. The molecule has 118 valence electrons. The molecule has 2 unspecified atom stereocenters. The number of ether oxygens (including phenoxy) is 1. The normalized spacial score (nSPS) is 20.9. The van der Waals surface area contributed by atoms with Crippen molar-refractivity contribution in [3.8, 4) is 0 Å². The molecule has 1 heterocycles. The van der Waals surface area contributed by atoms with Crippen LogP contribution >= 0.6 is 0 Å². The number of amides is 1. The second-order valence-electron chi connectivity index (χ2n) is 5.55. The van der Waals surface area contributed by atoms with Gasteiger partial charge in [-0.25, -0.2) is 0 Å². The van der Waals surface area contributed by atoms with E-state index in [4.69, 9.17) is 4.74 Å². The maximum atomic E-state index is 12.3. The van der Waals surface area contributed by atoms with Crippen molar-refractivity contribution in [3.05, 3.63) is 0 Å². The van der Waals surface area contributed by atoms with Gasteiger partial charge in [0.25, 0.3) is 0 Å². The zero-order valence-corrected chi connectivity index (χ0v) is 13.3. The lowest BCUT2D eigenvalue weighted by Crippen LogP contribution is -2.54. The zero-order valence-electron chi connectivity index (χ0n) is 13.3. The molecule has 1 rings (SSSR count). The maximum absolute atomic E-state index is 12.3. The summed E-state index contributed by atoms with van der Waals surface area (Å²) in [5.41, 5.74) is 0. The number of hydrogen-bond acceptors (Lipinski definition) is 4. The van der Waals surface area contributed by atoms with Crippen LogP contribution in [0.25, 0.3) is 0 Å². The predicted molar refractivity (Wildman–Crippen MR) is 81.9 cm³/mol.